The van der Waals surface area contributed by atoms with E-state index in [1.165, 1.54) is 12.4 Å². The standard InChI is InChI=1S/C12H11N3O2S/c1-18-9-4-2-3-8(5-9)14-11-7-13-6-10(15-11)12(16)17/h2-7H,1H3,(H,14,15)(H,16,17). The van der Waals surface area contributed by atoms with E-state index in [1.807, 2.05) is 30.5 Å². The van der Waals surface area contributed by atoms with Crippen molar-refractivity contribution in [3.63, 3.8) is 0 Å². The molecule has 0 aliphatic heterocycles. The van der Waals surface area contributed by atoms with Gasteiger partial charge < -0.3 is 10.4 Å². The maximum Gasteiger partial charge on any atom is 0.356 e. The molecule has 0 amide bonds. The van der Waals surface area contributed by atoms with E-state index in [0.29, 0.717) is 5.82 Å². The molecular weight excluding hydrogens is 250 g/mol. The van der Waals surface area contributed by atoms with Crippen LogP contribution in [0, 0.1) is 0 Å². The number of rotatable bonds is 4. The average molecular weight is 261 g/mol. The van der Waals surface area contributed by atoms with Crippen LogP contribution in [0.3, 0.4) is 0 Å². The highest BCUT2D eigenvalue weighted by molar-refractivity contribution is 7.98. The molecule has 5 nitrogen and oxygen atoms in total. The van der Waals surface area contributed by atoms with E-state index >= 15 is 0 Å². The van der Waals surface area contributed by atoms with Crippen LogP contribution in [-0.4, -0.2) is 27.3 Å². The van der Waals surface area contributed by atoms with Crippen LogP contribution in [0.25, 0.3) is 0 Å². The van der Waals surface area contributed by atoms with E-state index < -0.39 is 5.97 Å². The first-order valence-electron chi connectivity index (χ1n) is 5.15. The molecule has 6 heteroatoms. The molecule has 0 unspecified atom stereocenters. The predicted octanol–water partition coefficient (Wildman–Crippen LogP) is 2.64. The van der Waals surface area contributed by atoms with Gasteiger partial charge in [-0.2, -0.15) is 0 Å². The lowest BCUT2D eigenvalue weighted by atomic mass is 10.3. The normalized spacial score (nSPS) is 10.1. The molecule has 18 heavy (non-hydrogen) atoms. The van der Waals surface area contributed by atoms with Crippen molar-refractivity contribution in [2.24, 2.45) is 0 Å². The van der Waals surface area contributed by atoms with Gasteiger partial charge in [0.25, 0.3) is 0 Å². The number of nitrogens with one attached hydrogen (secondary N) is 1. The van der Waals surface area contributed by atoms with Crippen molar-refractivity contribution in [2.75, 3.05) is 11.6 Å². The van der Waals surface area contributed by atoms with Gasteiger partial charge >= 0.3 is 5.97 Å². The maximum absolute atomic E-state index is 10.8. The molecule has 0 spiro atoms. The quantitative estimate of drug-likeness (QED) is 0.824. The van der Waals surface area contributed by atoms with E-state index in [-0.39, 0.29) is 5.69 Å². The summed E-state index contributed by atoms with van der Waals surface area (Å²) < 4.78 is 0. The van der Waals surface area contributed by atoms with E-state index in [2.05, 4.69) is 15.3 Å². The van der Waals surface area contributed by atoms with Crippen LogP contribution >= 0.6 is 11.8 Å². The van der Waals surface area contributed by atoms with Crippen molar-refractivity contribution in [2.45, 2.75) is 4.90 Å². The zero-order valence-electron chi connectivity index (χ0n) is 9.62. The minimum Gasteiger partial charge on any atom is -0.476 e. The molecule has 0 atom stereocenters. The topological polar surface area (TPSA) is 75.1 Å². The Bertz CT molecular complexity index is 575. The summed E-state index contributed by atoms with van der Waals surface area (Å²) in [5.74, 6) is -0.683. The van der Waals surface area contributed by atoms with Crippen LogP contribution in [0.15, 0.2) is 41.6 Å². The Hall–Kier alpha value is -2.08. The molecule has 0 radical (unpaired) electrons. The van der Waals surface area contributed by atoms with Crippen LogP contribution in [-0.2, 0) is 0 Å². The summed E-state index contributed by atoms with van der Waals surface area (Å²) in [6, 6.07) is 7.76. The number of thioether (sulfide) groups is 1. The number of anilines is 2. The van der Waals surface area contributed by atoms with Crippen LogP contribution in [0.5, 0.6) is 0 Å². The molecule has 92 valence electrons. The summed E-state index contributed by atoms with van der Waals surface area (Å²) in [6.45, 7) is 0. The highest BCUT2D eigenvalue weighted by atomic mass is 32.2. The number of aromatic carboxylic acids is 1. The lowest BCUT2D eigenvalue weighted by molar-refractivity contribution is 0.0690. The van der Waals surface area contributed by atoms with Crippen molar-refractivity contribution < 1.29 is 9.90 Å². The van der Waals surface area contributed by atoms with Crippen molar-refractivity contribution >= 4 is 29.2 Å². The first-order valence-corrected chi connectivity index (χ1v) is 6.38. The van der Waals surface area contributed by atoms with Gasteiger partial charge in [0, 0.05) is 10.6 Å². The lowest BCUT2D eigenvalue weighted by Crippen LogP contribution is -2.03. The summed E-state index contributed by atoms with van der Waals surface area (Å²) in [6.07, 6.45) is 4.69. The van der Waals surface area contributed by atoms with Gasteiger partial charge in [0.05, 0.1) is 12.4 Å². The van der Waals surface area contributed by atoms with E-state index in [4.69, 9.17) is 5.11 Å². The molecule has 2 rings (SSSR count). The summed E-state index contributed by atoms with van der Waals surface area (Å²) in [4.78, 5) is 19.7. The molecular formula is C12H11N3O2S. The number of carbonyl (C=O) groups is 1. The van der Waals surface area contributed by atoms with E-state index in [1.54, 1.807) is 11.8 Å². The van der Waals surface area contributed by atoms with Gasteiger partial charge in [-0.25, -0.2) is 9.78 Å². The largest absolute Gasteiger partial charge is 0.476 e. The van der Waals surface area contributed by atoms with Gasteiger partial charge in [0.1, 0.15) is 5.82 Å². The fourth-order valence-electron chi connectivity index (χ4n) is 1.38. The third-order valence-corrected chi connectivity index (χ3v) is 2.92. The van der Waals surface area contributed by atoms with Crippen LogP contribution in [0.4, 0.5) is 11.5 Å². The van der Waals surface area contributed by atoms with Gasteiger partial charge in [0.2, 0.25) is 0 Å². The highest BCUT2D eigenvalue weighted by Gasteiger charge is 2.06. The Morgan fingerprint density at radius 2 is 2.22 bits per heavy atom. The Labute approximate surface area is 108 Å². The first-order chi connectivity index (χ1) is 8.69. The lowest BCUT2D eigenvalue weighted by Gasteiger charge is -2.06. The fourth-order valence-corrected chi connectivity index (χ4v) is 1.84. The number of aromatic nitrogens is 2. The predicted molar refractivity (Wildman–Crippen MR) is 70.5 cm³/mol. The third kappa shape index (κ3) is 2.98. The van der Waals surface area contributed by atoms with Gasteiger partial charge in [-0.1, -0.05) is 6.07 Å². The Morgan fingerprint density at radius 3 is 2.94 bits per heavy atom. The SMILES string of the molecule is CSc1cccc(Nc2cncc(C(=O)O)n2)c1. The number of hydrogen-bond acceptors (Lipinski definition) is 5. The fraction of sp³-hybridized carbons (Fsp3) is 0.0833. The van der Waals surface area contributed by atoms with Crippen molar-refractivity contribution in [3.05, 3.63) is 42.4 Å². The molecule has 1 aromatic carbocycles. The van der Waals surface area contributed by atoms with Crippen molar-refractivity contribution in [1.29, 1.82) is 0 Å². The smallest absolute Gasteiger partial charge is 0.356 e. The Kier molecular flexibility index (Phi) is 3.78. The number of carboxylic acid groups (broad SMARTS) is 1. The minimum atomic E-state index is -1.09. The number of benzene rings is 1. The molecule has 0 aliphatic rings. The second kappa shape index (κ2) is 5.50. The van der Waals surface area contributed by atoms with Gasteiger partial charge in [0.15, 0.2) is 5.69 Å². The summed E-state index contributed by atoms with van der Waals surface area (Å²) >= 11 is 1.63. The molecule has 1 aromatic heterocycles. The average Bonchev–Trinajstić information content (AvgIpc) is 2.39. The molecule has 0 fully saturated rings. The molecule has 2 aromatic rings. The van der Waals surface area contributed by atoms with Crippen molar-refractivity contribution in [1.82, 2.24) is 9.97 Å². The monoisotopic (exact) mass is 261 g/mol. The zero-order valence-corrected chi connectivity index (χ0v) is 10.4. The summed E-state index contributed by atoms with van der Waals surface area (Å²) in [5.41, 5.74) is 0.764. The van der Waals surface area contributed by atoms with Crippen LogP contribution in [0.2, 0.25) is 0 Å². The molecule has 1 heterocycles. The number of carboxylic acids is 1. The first kappa shape index (κ1) is 12.4. The number of nitrogens with zero attached hydrogens (tertiary/aromatic N) is 2. The van der Waals surface area contributed by atoms with Crippen molar-refractivity contribution in [3.8, 4) is 0 Å². The van der Waals surface area contributed by atoms with Gasteiger partial charge in [-0.15, -0.1) is 11.8 Å². The second-order valence-electron chi connectivity index (χ2n) is 3.45. The minimum absolute atomic E-state index is 0.0824. The van der Waals surface area contributed by atoms with Gasteiger partial charge in [-0.3, -0.25) is 4.98 Å². The Morgan fingerprint density at radius 1 is 1.39 bits per heavy atom. The molecule has 2 N–H and O–H groups in total. The van der Waals surface area contributed by atoms with E-state index in [9.17, 15) is 4.79 Å². The summed E-state index contributed by atoms with van der Waals surface area (Å²) in [7, 11) is 0. The van der Waals surface area contributed by atoms with Crippen LogP contribution < -0.4 is 5.32 Å². The molecule has 0 aliphatic carbocycles. The zero-order chi connectivity index (χ0) is 13.0. The van der Waals surface area contributed by atoms with Crippen LogP contribution in [0.1, 0.15) is 10.5 Å². The molecule has 0 saturated heterocycles. The number of hydrogen-bond donors (Lipinski definition) is 2. The van der Waals surface area contributed by atoms with Gasteiger partial charge in [-0.05, 0) is 24.5 Å². The third-order valence-electron chi connectivity index (χ3n) is 2.20. The summed E-state index contributed by atoms with van der Waals surface area (Å²) in [5, 5.41) is 11.8. The Balaban J connectivity index is 2.22. The maximum atomic E-state index is 10.8. The molecule has 0 saturated carbocycles. The van der Waals surface area contributed by atoms with E-state index in [0.717, 1.165) is 10.6 Å². The highest BCUT2D eigenvalue weighted by Crippen LogP contribution is 2.21. The second-order valence-corrected chi connectivity index (χ2v) is 4.33. The molecule has 0 bridgehead atoms.